The van der Waals surface area contributed by atoms with E-state index in [2.05, 4.69) is 5.32 Å². The molecular formula is C18H19NO5. The van der Waals surface area contributed by atoms with Gasteiger partial charge in [0, 0.05) is 5.56 Å². The van der Waals surface area contributed by atoms with E-state index < -0.39 is 12.1 Å². The van der Waals surface area contributed by atoms with Crippen molar-refractivity contribution in [3.63, 3.8) is 0 Å². The van der Waals surface area contributed by atoms with E-state index in [1.807, 2.05) is 19.1 Å². The molecule has 2 rings (SSSR count). The number of amides is 1. The standard InChI is InChI=1S/C18H19NO5/c1-3-23-16-7-5-4-6-15(16)19-17(20)13-8-10-14(11-9-13)24-12(2)18(21)22/h4-12H,3H2,1-2H3,(H,19,20)(H,21,22). The Kier molecular flexibility index (Phi) is 5.78. The van der Waals surface area contributed by atoms with Gasteiger partial charge in [0.15, 0.2) is 6.10 Å². The fourth-order valence-corrected chi connectivity index (χ4v) is 1.99. The van der Waals surface area contributed by atoms with Crippen LogP contribution in [-0.2, 0) is 4.79 Å². The molecule has 0 bridgehead atoms. The number of nitrogens with one attached hydrogen (secondary N) is 1. The van der Waals surface area contributed by atoms with E-state index in [9.17, 15) is 9.59 Å². The van der Waals surface area contributed by atoms with Crippen molar-refractivity contribution in [2.24, 2.45) is 0 Å². The van der Waals surface area contributed by atoms with Crippen LogP contribution in [0.2, 0.25) is 0 Å². The number of ether oxygens (including phenoxy) is 2. The summed E-state index contributed by atoms with van der Waals surface area (Å²) < 4.78 is 10.7. The van der Waals surface area contributed by atoms with Gasteiger partial charge in [-0.3, -0.25) is 4.79 Å². The largest absolute Gasteiger partial charge is 0.492 e. The van der Waals surface area contributed by atoms with E-state index in [0.717, 1.165) is 0 Å². The van der Waals surface area contributed by atoms with Gasteiger partial charge in [-0.25, -0.2) is 4.79 Å². The second kappa shape index (κ2) is 8.01. The summed E-state index contributed by atoms with van der Waals surface area (Å²) in [6.45, 7) is 3.81. The number of aliphatic carboxylic acids is 1. The minimum atomic E-state index is -1.05. The van der Waals surface area contributed by atoms with Crippen molar-refractivity contribution in [3.8, 4) is 11.5 Å². The number of para-hydroxylation sites is 2. The number of carboxylic acids is 1. The molecule has 1 amide bonds. The van der Waals surface area contributed by atoms with Crippen LogP contribution < -0.4 is 14.8 Å². The number of rotatable bonds is 7. The van der Waals surface area contributed by atoms with Gasteiger partial charge in [-0.05, 0) is 50.2 Å². The maximum atomic E-state index is 12.3. The predicted molar refractivity (Wildman–Crippen MR) is 89.7 cm³/mol. The third-order valence-corrected chi connectivity index (χ3v) is 3.21. The molecule has 0 heterocycles. The maximum Gasteiger partial charge on any atom is 0.344 e. The summed E-state index contributed by atoms with van der Waals surface area (Å²) in [7, 11) is 0. The predicted octanol–water partition coefficient (Wildman–Crippen LogP) is 3.19. The summed E-state index contributed by atoms with van der Waals surface area (Å²) in [4.78, 5) is 23.1. The first-order chi connectivity index (χ1) is 11.5. The highest BCUT2D eigenvalue weighted by atomic mass is 16.5. The number of carbonyl (C=O) groups is 2. The SMILES string of the molecule is CCOc1ccccc1NC(=O)c1ccc(OC(C)C(=O)O)cc1. The molecule has 6 nitrogen and oxygen atoms in total. The molecule has 1 unspecified atom stereocenters. The number of benzene rings is 2. The Balaban J connectivity index is 2.07. The van der Waals surface area contributed by atoms with Crippen LogP contribution in [0.4, 0.5) is 5.69 Å². The molecule has 24 heavy (non-hydrogen) atoms. The molecule has 126 valence electrons. The van der Waals surface area contributed by atoms with Crippen molar-refractivity contribution in [1.29, 1.82) is 0 Å². The highest BCUT2D eigenvalue weighted by Crippen LogP contribution is 2.24. The van der Waals surface area contributed by atoms with Gasteiger partial charge in [0.25, 0.3) is 5.91 Å². The van der Waals surface area contributed by atoms with Crippen LogP contribution in [-0.4, -0.2) is 29.7 Å². The summed E-state index contributed by atoms with van der Waals surface area (Å²) in [5.74, 6) is -0.357. The van der Waals surface area contributed by atoms with Crippen LogP contribution in [0.1, 0.15) is 24.2 Å². The second-order valence-electron chi connectivity index (χ2n) is 5.01. The highest BCUT2D eigenvalue weighted by molar-refractivity contribution is 6.05. The molecule has 0 aliphatic carbocycles. The van der Waals surface area contributed by atoms with Crippen LogP contribution >= 0.6 is 0 Å². The van der Waals surface area contributed by atoms with Crippen LogP contribution in [0.25, 0.3) is 0 Å². The minimum absolute atomic E-state index is 0.292. The molecular weight excluding hydrogens is 310 g/mol. The van der Waals surface area contributed by atoms with Crippen LogP contribution in [0.15, 0.2) is 48.5 Å². The Labute approximate surface area is 140 Å². The summed E-state index contributed by atoms with van der Waals surface area (Å²) in [6, 6.07) is 13.4. The number of hydrogen-bond acceptors (Lipinski definition) is 4. The third kappa shape index (κ3) is 4.49. The lowest BCUT2D eigenvalue weighted by Crippen LogP contribution is -2.22. The minimum Gasteiger partial charge on any atom is -0.492 e. The maximum absolute atomic E-state index is 12.3. The van der Waals surface area contributed by atoms with E-state index in [4.69, 9.17) is 14.6 Å². The highest BCUT2D eigenvalue weighted by Gasteiger charge is 2.13. The molecule has 0 aliphatic rings. The Morgan fingerprint density at radius 2 is 1.79 bits per heavy atom. The number of hydrogen-bond donors (Lipinski definition) is 2. The van der Waals surface area contributed by atoms with Crippen molar-refractivity contribution < 1.29 is 24.2 Å². The van der Waals surface area contributed by atoms with E-state index in [0.29, 0.717) is 29.4 Å². The van der Waals surface area contributed by atoms with Crippen molar-refractivity contribution in [2.45, 2.75) is 20.0 Å². The number of carbonyl (C=O) groups excluding carboxylic acids is 1. The molecule has 2 N–H and O–H groups in total. The molecule has 1 atom stereocenters. The average molecular weight is 329 g/mol. The molecule has 6 heteroatoms. The Morgan fingerprint density at radius 1 is 1.12 bits per heavy atom. The Morgan fingerprint density at radius 3 is 2.42 bits per heavy atom. The molecule has 0 aromatic heterocycles. The van der Waals surface area contributed by atoms with E-state index >= 15 is 0 Å². The zero-order valence-electron chi connectivity index (χ0n) is 13.5. The monoisotopic (exact) mass is 329 g/mol. The van der Waals surface area contributed by atoms with Gasteiger partial charge < -0.3 is 19.9 Å². The number of carboxylic acid groups (broad SMARTS) is 1. The Hall–Kier alpha value is -3.02. The van der Waals surface area contributed by atoms with Crippen LogP contribution in [0.5, 0.6) is 11.5 Å². The van der Waals surface area contributed by atoms with Gasteiger partial charge in [0.05, 0.1) is 12.3 Å². The summed E-state index contributed by atoms with van der Waals surface area (Å²) in [5.41, 5.74) is 1.01. The van der Waals surface area contributed by atoms with Gasteiger partial charge in [0.2, 0.25) is 0 Å². The second-order valence-corrected chi connectivity index (χ2v) is 5.01. The van der Waals surface area contributed by atoms with E-state index in [1.165, 1.54) is 6.92 Å². The summed E-state index contributed by atoms with van der Waals surface area (Å²) in [6.07, 6.45) is -0.956. The van der Waals surface area contributed by atoms with E-state index in [1.54, 1.807) is 36.4 Å². The van der Waals surface area contributed by atoms with E-state index in [-0.39, 0.29) is 5.91 Å². The van der Waals surface area contributed by atoms with Gasteiger partial charge in [-0.2, -0.15) is 0 Å². The molecule has 0 radical (unpaired) electrons. The molecule has 2 aromatic rings. The smallest absolute Gasteiger partial charge is 0.344 e. The summed E-state index contributed by atoms with van der Waals surface area (Å²) >= 11 is 0. The zero-order valence-corrected chi connectivity index (χ0v) is 13.5. The summed E-state index contributed by atoms with van der Waals surface area (Å²) in [5, 5.41) is 11.6. The van der Waals surface area contributed by atoms with Crippen LogP contribution in [0, 0.1) is 0 Å². The van der Waals surface area contributed by atoms with Gasteiger partial charge in [-0.15, -0.1) is 0 Å². The fourth-order valence-electron chi connectivity index (χ4n) is 1.99. The lowest BCUT2D eigenvalue weighted by atomic mass is 10.2. The average Bonchev–Trinajstić information content (AvgIpc) is 2.57. The molecule has 2 aromatic carbocycles. The topological polar surface area (TPSA) is 84.9 Å². The Bertz CT molecular complexity index is 712. The van der Waals surface area contributed by atoms with Crippen molar-refractivity contribution in [3.05, 3.63) is 54.1 Å². The quantitative estimate of drug-likeness (QED) is 0.815. The molecule has 0 aliphatic heterocycles. The molecule has 0 saturated heterocycles. The molecule has 0 saturated carbocycles. The van der Waals surface area contributed by atoms with Crippen molar-refractivity contribution >= 4 is 17.6 Å². The first-order valence-electron chi connectivity index (χ1n) is 7.54. The van der Waals surface area contributed by atoms with Crippen molar-refractivity contribution in [1.82, 2.24) is 0 Å². The third-order valence-electron chi connectivity index (χ3n) is 3.21. The van der Waals surface area contributed by atoms with Gasteiger partial charge in [0.1, 0.15) is 11.5 Å². The lowest BCUT2D eigenvalue weighted by molar-refractivity contribution is -0.144. The first-order valence-corrected chi connectivity index (χ1v) is 7.54. The normalized spacial score (nSPS) is 11.4. The molecule has 0 fully saturated rings. The molecule has 0 spiro atoms. The lowest BCUT2D eigenvalue weighted by Gasteiger charge is -2.12. The van der Waals surface area contributed by atoms with Crippen molar-refractivity contribution in [2.75, 3.05) is 11.9 Å². The van der Waals surface area contributed by atoms with Crippen LogP contribution in [0.3, 0.4) is 0 Å². The first kappa shape index (κ1) is 17.3. The number of anilines is 1. The zero-order chi connectivity index (χ0) is 17.5. The fraction of sp³-hybridized carbons (Fsp3) is 0.222. The van der Waals surface area contributed by atoms with Gasteiger partial charge in [-0.1, -0.05) is 12.1 Å². The van der Waals surface area contributed by atoms with Gasteiger partial charge >= 0.3 is 5.97 Å².